The van der Waals surface area contributed by atoms with Crippen molar-refractivity contribution < 1.29 is 28.5 Å². The van der Waals surface area contributed by atoms with Crippen LogP contribution in [0.15, 0.2) is 36.4 Å². The maximum absolute atomic E-state index is 13.4. The Morgan fingerprint density at radius 2 is 1.71 bits per heavy atom. The number of methoxy groups -OCH3 is 1. The summed E-state index contributed by atoms with van der Waals surface area (Å²) in [4.78, 5) is 27.6. The summed E-state index contributed by atoms with van der Waals surface area (Å²) in [6.45, 7) is 5.85. The predicted octanol–water partition coefficient (Wildman–Crippen LogP) is 3.15. The van der Waals surface area contributed by atoms with E-state index in [2.05, 4.69) is 22.9 Å². The van der Waals surface area contributed by atoms with Crippen molar-refractivity contribution in [3.05, 3.63) is 42.0 Å². The van der Waals surface area contributed by atoms with E-state index < -0.39 is 6.03 Å². The van der Waals surface area contributed by atoms with Gasteiger partial charge in [-0.05, 0) is 43.2 Å². The minimum absolute atomic E-state index is 0.0837. The number of hydrogen-bond donors (Lipinski definition) is 3. The minimum atomic E-state index is -0.454. The maximum Gasteiger partial charge on any atom is 0.323 e. The third-order valence-electron chi connectivity index (χ3n) is 6.11. The molecule has 188 valence electrons. The van der Waals surface area contributed by atoms with E-state index in [0.717, 1.165) is 6.54 Å². The summed E-state index contributed by atoms with van der Waals surface area (Å²) in [5.41, 5.74) is 1.38. The van der Waals surface area contributed by atoms with Gasteiger partial charge in [0.15, 0.2) is 11.5 Å². The molecule has 3 atom stereocenters. The monoisotopic (exact) mass is 484 g/mol. The van der Waals surface area contributed by atoms with Crippen LogP contribution in [0.3, 0.4) is 0 Å². The normalized spacial score (nSPS) is 22.3. The molecule has 10 nitrogen and oxygen atoms in total. The summed E-state index contributed by atoms with van der Waals surface area (Å²) in [5.74, 6) is 1.65. The zero-order valence-electron chi connectivity index (χ0n) is 20.4. The fourth-order valence-corrected chi connectivity index (χ4v) is 4.01. The number of anilines is 2. The molecule has 0 bridgehead atoms. The minimum Gasteiger partial charge on any atom is -0.491 e. The first-order valence-corrected chi connectivity index (χ1v) is 11.6. The molecule has 0 saturated heterocycles. The molecule has 0 aliphatic carbocycles. The van der Waals surface area contributed by atoms with Gasteiger partial charge in [-0.2, -0.15) is 0 Å². The Hall–Kier alpha value is -3.50. The van der Waals surface area contributed by atoms with Gasteiger partial charge in [0.25, 0.3) is 5.91 Å². The first kappa shape index (κ1) is 24.6. The van der Waals surface area contributed by atoms with E-state index >= 15 is 0 Å². The summed E-state index contributed by atoms with van der Waals surface area (Å²) in [5, 5.41) is 9.00. The lowest BCUT2D eigenvalue weighted by Crippen LogP contribution is -2.44. The quantitative estimate of drug-likeness (QED) is 0.614. The van der Waals surface area contributed by atoms with Gasteiger partial charge in [0.1, 0.15) is 12.4 Å². The van der Waals surface area contributed by atoms with Crippen LogP contribution in [0.1, 0.15) is 24.2 Å². The van der Waals surface area contributed by atoms with Gasteiger partial charge in [0.2, 0.25) is 6.79 Å². The Balaban J connectivity index is 1.52. The van der Waals surface area contributed by atoms with Crippen LogP contribution in [-0.4, -0.2) is 69.6 Å². The lowest BCUT2D eigenvalue weighted by atomic mass is 10.0. The van der Waals surface area contributed by atoms with Gasteiger partial charge in [-0.15, -0.1) is 0 Å². The molecule has 0 fully saturated rings. The molecule has 35 heavy (non-hydrogen) atoms. The van der Waals surface area contributed by atoms with Gasteiger partial charge >= 0.3 is 6.03 Å². The summed E-state index contributed by atoms with van der Waals surface area (Å²) in [6.07, 6.45) is -0.124. The van der Waals surface area contributed by atoms with Crippen LogP contribution in [-0.2, 0) is 4.74 Å². The molecule has 0 radical (unpaired) electrons. The summed E-state index contributed by atoms with van der Waals surface area (Å²) in [6, 6.07) is 9.81. The van der Waals surface area contributed by atoms with Crippen molar-refractivity contribution in [2.45, 2.75) is 26.0 Å². The first-order valence-electron chi connectivity index (χ1n) is 11.6. The molecule has 2 aromatic carbocycles. The molecule has 0 spiro atoms. The fourth-order valence-electron chi connectivity index (χ4n) is 4.01. The molecule has 4 rings (SSSR count). The summed E-state index contributed by atoms with van der Waals surface area (Å²) in [7, 11) is 3.39. The van der Waals surface area contributed by atoms with Crippen LogP contribution in [0.5, 0.6) is 17.2 Å². The smallest absolute Gasteiger partial charge is 0.323 e. The second-order valence-corrected chi connectivity index (χ2v) is 8.92. The largest absolute Gasteiger partial charge is 0.491 e. The Labute approximate surface area is 204 Å². The maximum atomic E-state index is 13.4. The van der Waals surface area contributed by atoms with Crippen LogP contribution in [0.4, 0.5) is 16.2 Å². The number of benzene rings is 2. The molecular formula is C25H32N4O6. The molecule has 2 aromatic rings. The summed E-state index contributed by atoms with van der Waals surface area (Å²) >= 11 is 0. The average molecular weight is 485 g/mol. The van der Waals surface area contributed by atoms with Crippen LogP contribution in [0, 0.1) is 5.92 Å². The number of nitrogens with one attached hydrogen (secondary N) is 3. The van der Waals surface area contributed by atoms with Crippen molar-refractivity contribution in [1.29, 1.82) is 0 Å². The van der Waals surface area contributed by atoms with Crippen molar-refractivity contribution in [3.8, 4) is 17.2 Å². The number of amides is 3. The fraction of sp³-hybridized carbons (Fsp3) is 0.440. The molecule has 3 amide bonds. The average Bonchev–Trinajstić information content (AvgIpc) is 3.31. The zero-order valence-corrected chi connectivity index (χ0v) is 20.4. The molecule has 2 aliphatic heterocycles. The third kappa shape index (κ3) is 5.95. The third-order valence-corrected chi connectivity index (χ3v) is 6.11. The number of rotatable bonds is 3. The lowest BCUT2D eigenvalue weighted by Gasteiger charge is -2.30. The topological polar surface area (TPSA) is 110 Å². The standard InChI is InChI=1S/C25H32N4O6/c1-15-11-26-16(2)13-33-20-7-5-17(9-19(20)24(30)29(3)12-23(15)32-4)27-25(31)28-18-6-8-21-22(10-18)35-14-34-21/h5-10,15-16,23,26H,11-14H2,1-4H3,(H2,27,28,31)/t15-,16-,23+/m1/s1. The van der Waals surface area contributed by atoms with Gasteiger partial charge < -0.3 is 39.8 Å². The molecule has 0 aromatic heterocycles. The molecule has 0 unspecified atom stereocenters. The van der Waals surface area contributed by atoms with Crippen LogP contribution in [0.2, 0.25) is 0 Å². The predicted molar refractivity (Wildman–Crippen MR) is 132 cm³/mol. The molecule has 2 aliphatic rings. The van der Waals surface area contributed by atoms with Crippen molar-refractivity contribution in [3.63, 3.8) is 0 Å². The number of carbonyl (C=O) groups is 2. The van der Waals surface area contributed by atoms with Crippen LogP contribution in [0.25, 0.3) is 0 Å². The van der Waals surface area contributed by atoms with Crippen molar-refractivity contribution in [2.24, 2.45) is 5.92 Å². The van der Waals surface area contributed by atoms with E-state index in [-0.39, 0.29) is 30.8 Å². The number of hydrogen-bond acceptors (Lipinski definition) is 7. The number of likely N-dealkylation sites (N-methyl/N-ethyl adjacent to an activating group) is 1. The zero-order chi connectivity index (χ0) is 24.9. The van der Waals surface area contributed by atoms with Gasteiger partial charge in [0, 0.05) is 50.7 Å². The number of fused-ring (bicyclic) bond motifs is 2. The Kier molecular flexibility index (Phi) is 7.62. The van der Waals surface area contributed by atoms with Gasteiger partial charge in [-0.1, -0.05) is 6.92 Å². The molecule has 2 heterocycles. The molecule has 3 N–H and O–H groups in total. The van der Waals surface area contributed by atoms with E-state index in [9.17, 15) is 9.59 Å². The number of urea groups is 1. The number of nitrogens with zero attached hydrogens (tertiary/aromatic N) is 1. The second-order valence-electron chi connectivity index (χ2n) is 8.92. The van der Waals surface area contributed by atoms with E-state index in [1.165, 1.54) is 0 Å². The molecular weight excluding hydrogens is 452 g/mol. The Morgan fingerprint density at radius 3 is 2.46 bits per heavy atom. The molecule has 10 heteroatoms. The Bertz CT molecular complexity index is 1080. The highest BCUT2D eigenvalue weighted by Crippen LogP contribution is 2.34. The summed E-state index contributed by atoms with van der Waals surface area (Å²) < 4.78 is 22.3. The van der Waals surface area contributed by atoms with Crippen molar-refractivity contribution >= 4 is 23.3 Å². The van der Waals surface area contributed by atoms with E-state index in [0.29, 0.717) is 47.3 Å². The Morgan fingerprint density at radius 1 is 1.03 bits per heavy atom. The lowest BCUT2D eigenvalue weighted by molar-refractivity contribution is 0.0281. The number of carbonyl (C=O) groups excluding carboxylic acids is 2. The van der Waals surface area contributed by atoms with E-state index in [4.69, 9.17) is 18.9 Å². The van der Waals surface area contributed by atoms with Crippen molar-refractivity contribution in [1.82, 2.24) is 10.2 Å². The van der Waals surface area contributed by atoms with Gasteiger partial charge in [-0.3, -0.25) is 4.79 Å². The number of ether oxygens (including phenoxy) is 4. The van der Waals surface area contributed by atoms with Crippen molar-refractivity contribution in [2.75, 3.05) is 51.3 Å². The highest BCUT2D eigenvalue weighted by atomic mass is 16.7. The highest BCUT2D eigenvalue weighted by molar-refractivity contribution is 6.02. The SMILES string of the molecule is CO[C@H]1CN(C)C(=O)c2cc(NC(=O)Nc3ccc4c(c3)OCO4)ccc2OC[C@@H](C)NC[C@H]1C. The van der Waals surface area contributed by atoms with E-state index in [1.807, 2.05) is 6.92 Å². The van der Waals surface area contributed by atoms with E-state index in [1.54, 1.807) is 55.5 Å². The van der Waals surface area contributed by atoms with Crippen LogP contribution >= 0.6 is 0 Å². The highest BCUT2D eigenvalue weighted by Gasteiger charge is 2.26. The first-order chi connectivity index (χ1) is 16.8. The van der Waals surface area contributed by atoms with Crippen LogP contribution < -0.4 is 30.2 Å². The second kappa shape index (κ2) is 10.8. The van der Waals surface area contributed by atoms with Gasteiger partial charge in [-0.25, -0.2) is 4.79 Å². The molecule has 0 saturated carbocycles. The van der Waals surface area contributed by atoms with Gasteiger partial charge in [0.05, 0.1) is 11.7 Å².